The van der Waals surface area contributed by atoms with Crippen molar-refractivity contribution in [3.05, 3.63) is 82.9 Å². The van der Waals surface area contributed by atoms with Crippen LogP contribution < -0.4 is 10.2 Å². The quantitative estimate of drug-likeness (QED) is 0.368. The van der Waals surface area contributed by atoms with E-state index >= 15 is 0 Å². The van der Waals surface area contributed by atoms with Crippen LogP contribution in [0.3, 0.4) is 0 Å². The molecule has 0 bridgehead atoms. The van der Waals surface area contributed by atoms with Crippen LogP contribution >= 0.6 is 0 Å². The molecule has 0 saturated carbocycles. The maximum Gasteiger partial charge on any atom is 0.285 e. The molecular formula is C27H28N6O3. The minimum Gasteiger partial charge on any atom is -0.364 e. The molecule has 5 rings (SSSR count). The van der Waals surface area contributed by atoms with Gasteiger partial charge in [-0.25, -0.2) is 4.98 Å². The molecule has 3 aromatic rings. The zero-order chi connectivity index (χ0) is 25.1. The van der Waals surface area contributed by atoms with E-state index < -0.39 is 11.8 Å². The van der Waals surface area contributed by atoms with Gasteiger partial charge in [-0.15, -0.1) is 5.06 Å². The number of aryl methyl sites for hydroxylation is 1. The fourth-order valence-corrected chi connectivity index (χ4v) is 4.81. The van der Waals surface area contributed by atoms with Gasteiger partial charge >= 0.3 is 0 Å². The number of hydroxylamine groups is 2. The van der Waals surface area contributed by atoms with E-state index in [0.717, 1.165) is 54.5 Å². The van der Waals surface area contributed by atoms with Crippen LogP contribution in [-0.4, -0.2) is 52.2 Å². The van der Waals surface area contributed by atoms with Crippen LogP contribution in [0.1, 0.15) is 50.4 Å². The Hall–Kier alpha value is -4.00. The van der Waals surface area contributed by atoms with E-state index in [9.17, 15) is 14.9 Å². The molecule has 2 aromatic carbocycles. The molecule has 0 radical (unpaired) electrons. The van der Waals surface area contributed by atoms with E-state index in [2.05, 4.69) is 21.3 Å². The van der Waals surface area contributed by atoms with E-state index in [-0.39, 0.29) is 6.04 Å². The third-order valence-electron chi connectivity index (χ3n) is 6.71. The highest BCUT2D eigenvalue weighted by atomic mass is 16.7. The number of nitriles is 1. The fraction of sp³-hybridized carbons (Fsp3) is 0.333. The topological polar surface area (TPSA) is 103 Å². The lowest BCUT2D eigenvalue weighted by Crippen LogP contribution is -2.46. The van der Waals surface area contributed by atoms with Crippen molar-refractivity contribution < 1.29 is 14.4 Å². The molecule has 9 heteroatoms. The first-order valence-electron chi connectivity index (χ1n) is 12.1. The molecule has 2 aliphatic heterocycles. The smallest absolute Gasteiger partial charge is 0.285 e. The maximum atomic E-state index is 12.4. The van der Waals surface area contributed by atoms with Gasteiger partial charge in [0.25, 0.3) is 11.8 Å². The second-order valence-corrected chi connectivity index (χ2v) is 9.18. The highest BCUT2D eigenvalue weighted by Crippen LogP contribution is 2.29. The highest BCUT2D eigenvalue weighted by Gasteiger charge is 2.36. The number of imidazole rings is 1. The summed E-state index contributed by atoms with van der Waals surface area (Å²) in [6, 6.07) is 15.1. The van der Waals surface area contributed by atoms with Crippen molar-refractivity contribution in [2.75, 3.05) is 24.6 Å². The largest absolute Gasteiger partial charge is 0.364 e. The standard InChI is InChI=1S/C27H28N6O3/c1-31-18-29-15-22(31)17-32-16-21(13-20-12-19(14-28)8-9-25(20)32)30-10-4-5-11-36-33-26(34)23-6-2-3-7-24(23)27(33)35/h2-3,6-9,12,15,18,21,30H,4-5,10-11,13,16-17H2,1H3. The number of imide groups is 1. The molecule has 2 amide bonds. The molecule has 0 saturated heterocycles. The van der Waals surface area contributed by atoms with Gasteiger partial charge in [-0.1, -0.05) is 12.1 Å². The van der Waals surface area contributed by atoms with Crippen LogP contribution in [0, 0.1) is 11.3 Å². The summed E-state index contributed by atoms with van der Waals surface area (Å²) in [5, 5.41) is 13.9. The number of rotatable bonds is 9. The Morgan fingerprint density at radius 1 is 1.14 bits per heavy atom. The summed E-state index contributed by atoms with van der Waals surface area (Å²) in [6.07, 6.45) is 6.08. The first-order chi connectivity index (χ1) is 17.5. The molecule has 0 aliphatic carbocycles. The van der Waals surface area contributed by atoms with E-state index in [4.69, 9.17) is 4.84 Å². The third-order valence-corrected chi connectivity index (χ3v) is 6.71. The Bertz CT molecular complexity index is 1290. The number of nitrogens with one attached hydrogen (secondary N) is 1. The van der Waals surface area contributed by atoms with Crippen molar-refractivity contribution in [1.82, 2.24) is 19.9 Å². The fourth-order valence-electron chi connectivity index (χ4n) is 4.81. The number of carbonyl (C=O) groups is 2. The minimum atomic E-state index is -0.403. The van der Waals surface area contributed by atoms with Gasteiger partial charge in [0.2, 0.25) is 0 Å². The van der Waals surface area contributed by atoms with Crippen molar-refractivity contribution in [3.63, 3.8) is 0 Å². The van der Waals surface area contributed by atoms with Crippen molar-refractivity contribution in [2.45, 2.75) is 31.8 Å². The second kappa shape index (κ2) is 10.3. The van der Waals surface area contributed by atoms with Crippen LogP contribution in [0.15, 0.2) is 55.0 Å². The van der Waals surface area contributed by atoms with Gasteiger partial charge in [-0.3, -0.25) is 14.4 Å². The maximum absolute atomic E-state index is 12.4. The summed E-state index contributed by atoms with van der Waals surface area (Å²) in [5.41, 5.74) is 4.88. The predicted molar refractivity (Wildman–Crippen MR) is 133 cm³/mol. The summed E-state index contributed by atoms with van der Waals surface area (Å²) in [7, 11) is 1.99. The number of aromatic nitrogens is 2. The molecule has 9 nitrogen and oxygen atoms in total. The Balaban J connectivity index is 1.13. The van der Waals surface area contributed by atoms with E-state index in [0.29, 0.717) is 29.7 Å². The number of hydrogen-bond acceptors (Lipinski definition) is 7. The van der Waals surface area contributed by atoms with E-state index in [1.165, 1.54) is 0 Å². The molecule has 3 heterocycles. The van der Waals surface area contributed by atoms with E-state index in [1.807, 2.05) is 36.0 Å². The van der Waals surface area contributed by atoms with Crippen molar-refractivity contribution in [1.29, 1.82) is 5.26 Å². The molecule has 0 fully saturated rings. The van der Waals surface area contributed by atoms with Crippen LogP contribution in [0.2, 0.25) is 0 Å². The molecule has 1 aromatic heterocycles. The highest BCUT2D eigenvalue weighted by molar-refractivity contribution is 6.20. The molecule has 0 spiro atoms. The summed E-state index contributed by atoms with van der Waals surface area (Å²) in [5.74, 6) is -0.806. The van der Waals surface area contributed by atoms with Crippen LogP contribution in [0.25, 0.3) is 0 Å². The minimum absolute atomic E-state index is 0.233. The lowest BCUT2D eigenvalue weighted by Gasteiger charge is -2.36. The number of anilines is 1. The Labute approximate surface area is 209 Å². The van der Waals surface area contributed by atoms with Gasteiger partial charge in [0.1, 0.15) is 0 Å². The summed E-state index contributed by atoms with van der Waals surface area (Å²) < 4.78 is 2.02. The van der Waals surface area contributed by atoms with Crippen molar-refractivity contribution in [2.24, 2.45) is 7.05 Å². The number of fused-ring (bicyclic) bond motifs is 2. The summed E-state index contributed by atoms with van der Waals surface area (Å²) in [4.78, 5) is 36.9. The average Bonchev–Trinajstić information content (AvgIpc) is 3.41. The van der Waals surface area contributed by atoms with Gasteiger partial charge in [-0.2, -0.15) is 5.26 Å². The average molecular weight is 485 g/mol. The van der Waals surface area contributed by atoms with E-state index in [1.54, 1.807) is 30.6 Å². The SMILES string of the molecule is Cn1cncc1CN1CC(NCCCCON2C(=O)c3ccccc3C2=O)Cc2cc(C#N)ccc21. The monoisotopic (exact) mass is 484 g/mol. The number of hydrogen-bond donors (Lipinski definition) is 1. The van der Waals surface area contributed by atoms with Gasteiger partial charge in [0.15, 0.2) is 0 Å². The predicted octanol–water partition coefficient (Wildman–Crippen LogP) is 2.82. The molecule has 1 N–H and O–H groups in total. The van der Waals surface area contributed by atoms with Gasteiger partial charge in [0.05, 0.1) is 47.9 Å². The Morgan fingerprint density at radius 2 is 1.92 bits per heavy atom. The molecular weight excluding hydrogens is 456 g/mol. The zero-order valence-corrected chi connectivity index (χ0v) is 20.2. The first-order valence-corrected chi connectivity index (χ1v) is 12.1. The van der Waals surface area contributed by atoms with Crippen molar-refractivity contribution >= 4 is 17.5 Å². The third kappa shape index (κ3) is 4.73. The number of carbonyl (C=O) groups excluding carboxylic acids is 2. The lowest BCUT2D eigenvalue weighted by atomic mass is 9.95. The first kappa shape index (κ1) is 23.7. The molecule has 1 atom stereocenters. The zero-order valence-electron chi connectivity index (χ0n) is 20.2. The Kier molecular flexibility index (Phi) is 6.80. The number of amides is 2. The van der Waals surface area contributed by atoms with Crippen LogP contribution in [0.5, 0.6) is 0 Å². The lowest BCUT2D eigenvalue weighted by molar-refractivity contribution is -0.0921. The van der Waals surface area contributed by atoms with Crippen LogP contribution in [0.4, 0.5) is 5.69 Å². The second-order valence-electron chi connectivity index (χ2n) is 9.18. The van der Waals surface area contributed by atoms with Crippen LogP contribution in [-0.2, 0) is 24.9 Å². The van der Waals surface area contributed by atoms with Gasteiger partial charge in [0, 0.05) is 31.5 Å². The molecule has 184 valence electrons. The molecule has 1 unspecified atom stereocenters. The Morgan fingerprint density at radius 3 is 2.61 bits per heavy atom. The number of benzene rings is 2. The van der Waals surface area contributed by atoms with Gasteiger partial charge in [-0.05, 0) is 61.7 Å². The normalized spacial score (nSPS) is 16.7. The van der Waals surface area contributed by atoms with Gasteiger partial charge < -0.3 is 14.8 Å². The number of unbranched alkanes of at least 4 members (excludes halogenated alkanes) is 1. The van der Waals surface area contributed by atoms with Crippen molar-refractivity contribution in [3.8, 4) is 6.07 Å². The molecule has 36 heavy (non-hydrogen) atoms. The summed E-state index contributed by atoms with van der Waals surface area (Å²) >= 11 is 0. The molecule has 2 aliphatic rings. The summed E-state index contributed by atoms with van der Waals surface area (Å²) in [6.45, 7) is 2.65. The number of nitrogens with zero attached hydrogens (tertiary/aromatic N) is 5.